The molecule has 0 radical (unpaired) electrons. The zero-order valence-corrected chi connectivity index (χ0v) is 17.7. The Balaban J connectivity index is 1.57. The van der Waals surface area contributed by atoms with Gasteiger partial charge in [0, 0.05) is 21.8 Å². The van der Waals surface area contributed by atoms with E-state index in [1.54, 1.807) is 23.3 Å². The summed E-state index contributed by atoms with van der Waals surface area (Å²) in [6.45, 7) is 2.04. The number of aliphatic imine (C=N–C) groups is 1. The number of hydrogen-bond acceptors (Lipinski definition) is 4. The van der Waals surface area contributed by atoms with Crippen molar-refractivity contribution >= 4 is 57.5 Å². The van der Waals surface area contributed by atoms with Gasteiger partial charge in [-0.05, 0) is 66.7 Å². The Labute approximate surface area is 177 Å². The highest BCUT2D eigenvalue weighted by atomic mass is 35.5. The molecule has 0 atom stereocenters. The number of amidine groups is 1. The normalized spacial score (nSPS) is 17.1. The van der Waals surface area contributed by atoms with E-state index >= 15 is 0 Å². The lowest BCUT2D eigenvalue weighted by molar-refractivity contribution is -0.121. The van der Waals surface area contributed by atoms with Gasteiger partial charge in [-0.3, -0.25) is 9.69 Å². The van der Waals surface area contributed by atoms with E-state index in [9.17, 15) is 4.79 Å². The number of hydrogen-bond donors (Lipinski definition) is 0. The van der Waals surface area contributed by atoms with Crippen LogP contribution < -0.4 is 0 Å². The van der Waals surface area contributed by atoms with Gasteiger partial charge in [0.2, 0.25) is 0 Å². The van der Waals surface area contributed by atoms with Crippen LogP contribution in [0.4, 0.5) is 5.69 Å². The molecule has 3 aromatic rings. The Morgan fingerprint density at radius 3 is 2.43 bits per heavy atom. The lowest BCUT2D eigenvalue weighted by atomic mass is 10.2. The number of thioether (sulfide) groups is 1. The van der Waals surface area contributed by atoms with Crippen LogP contribution in [0.2, 0.25) is 5.02 Å². The molecular weight excluding hydrogens is 408 g/mol. The molecule has 1 fully saturated rings. The minimum Gasteiger partial charge on any atom is -0.290 e. The number of carbonyl (C=O) groups excluding carboxylic acids is 1. The van der Waals surface area contributed by atoms with E-state index in [0.717, 1.165) is 26.0 Å². The van der Waals surface area contributed by atoms with Crippen molar-refractivity contribution in [1.82, 2.24) is 4.90 Å². The number of likely N-dealkylation sites (N-methyl/N-ethyl adjacent to an activating group) is 1. The van der Waals surface area contributed by atoms with Crippen molar-refractivity contribution in [2.24, 2.45) is 4.99 Å². The lowest BCUT2D eigenvalue weighted by Gasteiger charge is -2.07. The fourth-order valence-electron chi connectivity index (χ4n) is 2.71. The summed E-state index contributed by atoms with van der Waals surface area (Å²) < 4.78 is 0. The standard InChI is InChI=1S/C22H17ClN2OS2/c1-14-3-9-17(10-4-14)24-22-25(2)21(26)20(28-22)13-18-11-12-19(27-18)15-5-7-16(23)8-6-15/h3-13H,1-2H3/b20-13-,24-22+. The van der Waals surface area contributed by atoms with E-state index in [2.05, 4.69) is 11.1 Å². The van der Waals surface area contributed by atoms with Crippen LogP contribution in [0.15, 0.2) is 70.6 Å². The number of rotatable bonds is 3. The van der Waals surface area contributed by atoms with Crippen LogP contribution in [-0.2, 0) is 4.79 Å². The van der Waals surface area contributed by atoms with Crippen LogP contribution in [0.5, 0.6) is 0 Å². The van der Waals surface area contributed by atoms with Gasteiger partial charge >= 0.3 is 0 Å². The second-order valence-corrected chi connectivity index (χ2v) is 8.97. The molecule has 140 valence electrons. The van der Waals surface area contributed by atoms with Crippen LogP contribution in [0.1, 0.15) is 10.4 Å². The van der Waals surface area contributed by atoms with E-state index in [4.69, 9.17) is 11.6 Å². The van der Waals surface area contributed by atoms with Gasteiger partial charge in [0.05, 0.1) is 10.6 Å². The third kappa shape index (κ3) is 4.07. The molecule has 3 nitrogen and oxygen atoms in total. The first-order valence-electron chi connectivity index (χ1n) is 8.68. The maximum atomic E-state index is 12.6. The SMILES string of the molecule is Cc1ccc(/N=C2/S/C(=C\c3ccc(-c4ccc(Cl)cc4)s3)C(=O)N2C)cc1. The maximum Gasteiger partial charge on any atom is 0.266 e. The van der Waals surface area contributed by atoms with Crippen molar-refractivity contribution in [2.45, 2.75) is 6.92 Å². The summed E-state index contributed by atoms with van der Waals surface area (Å²) in [6, 6.07) is 19.8. The monoisotopic (exact) mass is 424 g/mol. The number of amides is 1. The Bertz CT molecular complexity index is 1080. The number of thiophene rings is 1. The van der Waals surface area contributed by atoms with E-state index in [1.807, 2.05) is 67.6 Å². The molecule has 4 rings (SSSR count). The van der Waals surface area contributed by atoms with Crippen molar-refractivity contribution in [2.75, 3.05) is 7.05 Å². The lowest BCUT2D eigenvalue weighted by Crippen LogP contribution is -2.23. The van der Waals surface area contributed by atoms with E-state index in [-0.39, 0.29) is 5.91 Å². The van der Waals surface area contributed by atoms with Crippen molar-refractivity contribution < 1.29 is 4.79 Å². The van der Waals surface area contributed by atoms with Crippen molar-refractivity contribution in [3.63, 3.8) is 0 Å². The Morgan fingerprint density at radius 1 is 1.00 bits per heavy atom. The van der Waals surface area contributed by atoms with E-state index in [1.165, 1.54) is 17.3 Å². The molecule has 1 aromatic heterocycles. The van der Waals surface area contributed by atoms with Crippen molar-refractivity contribution in [1.29, 1.82) is 0 Å². The van der Waals surface area contributed by atoms with Gasteiger partial charge in [-0.2, -0.15) is 0 Å². The second-order valence-electron chi connectivity index (χ2n) is 6.41. The summed E-state index contributed by atoms with van der Waals surface area (Å²) in [4.78, 5) is 21.7. The summed E-state index contributed by atoms with van der Waals surface area (Å²) in [6.07, 6.45) is 1.94. The fourth-order valence-corrected chi connectivity index (χ4v) is 4.85. The molecule has 2 aromatic carbocycles. The average Bonchev–Trinajstić information content (AvgIpc) is 3.25. The number of carbonyl (C=O) groups is 1. The number of halogens is 1. The minimum absolute atomic E-state index is 0.0303. The van der Waals surface area contributed by atoms with Gasteiger partial charge in [-0.1, -0.05) is 41.4 Å². The molecule has 0 unspecified atom stereocenters. The summed E-state index contributed by atoms with van der Waals surface area (Å²) in [7, 11) is 1.76. The largest absolute Gasteiger partial charge is 0.290 e. The molecule has 28 heavy (non-hydrogen) atoms. The first kappa shape index (κ1) is 19.0. The van der Waals surface area contributed by atoms with E-state index < -0.39 is 0 Å². The second kappa shape index (κ2) is 7.95. The zero-order chi connectivity index (χ0) is 19.7. The summed E-state index contributed by atoms with van der Waals surface area (Å²) in [5.41, 5.74) is 3.14. The molecule has 6 heteroatoms. The van der Waals surface area contributed by atoms with Gasteiger partial charge in [0.15, 0.2) is 5.17 Å². The van der Waals surface area contributed by atoms with E-state index in [0.29, 0.717) is 10.1 Å². The topological polar surface area (TPSA) is 32.7 Å². The number of aryl methyl sites for hydroxylation is 1. The summed E-state index contributed by atoms with van der Waals surface area (Å²) >= 11 is 9.01. The molecule has 1 saturated heterocycles. The molecule has 0 aliphatic carbocycles. The molecular formula is C22H17ClN2OS2. The van der Waals surface area contributed by atoms with Crippen molar-refractivity contribution in [3.05, 3.63) is 81.0 Å². The van der Waals surface area contributed by atoms with Crippen LogP contribution in [0.3, 0.4) is 0 Å². The molecule has 0 N–H and O–H groups in total. The average molecular weight is 425 g/mol. The maximum absolute atomic E-state index is 12.6. The first-order valence-corrected chi connectivity index (χ1v) is 10.7. The van der Waals surface area contributed by atoms with Gasteiger partial charge < -0.3 is 0 Å². The highest BCUT2D eigenvalue weighted by Gasteiger charge is 2.30. The molecule has 2 heterocycles. The smallest absolute Gasteiger partial charge is 0.266 e. The van der Waals surface area contributed by atoms with Crippen LogP contribution in [0.25, 0.3) is 16.5 Å². The first-order chi connectivity index (χ1) is 13.5. The third-order valence-electron chi connectivity index (χ3n) is 4.29. The summed E-state index contributed by atoms with van der Waals surface area (Å²) in [5, 5.41) is 1.41. The van der Waals surface area contributed by atoms with Crippen LogP contribution >= 0.6 is 34.7 Å². The van der Waals surface area contributed by atoms with Gasteiger partial charge in [0.25, 0.3) is 5.91 Å². The quantitative estimate of drug-likeness (QED) is 0.443. The number of benzene rings is 2. The van der Waals surface area contributed by atoms with Crippen LogP contribution in [0, 0.1) is 6.92 Å². The Kier molecular flexibility index (Phi) is 5.40. The Hall–Kier alpha value is -2.34. The van der Waals surface area contributed by atoms with Gasteiger partial charge in [-0.15, -0.1) is 11.3 Å². The Morgan fingerprint density at radius 2 is 1.71 bits per heavy atom. The summed E-state index contributed by atoms with van der Waals surface area (Å²) in [5.74, 6) is -0.0303. The minimum atomic E-state index is -0.0303. The molecule has 1 amide bonds. The van der Waals surface area contributed by atoms with Crippen LogP contribution in [-0.4, -0.2) is 23.0 Å². The molecule has 0 bridgehead atoms. The van der Waals surface area contributed by atoms with Gasteiger partial charge in [-0.25, -0.2) is 4.99 Å². The molecule has 0 saturated carbocycles. The highest BCUT2D eigenvalue weighted by molar-refractivity contribution is 8.18. The van der Waals surface area contributed by atoms with Gasteiger partial charge in [0.1, 0.15) is 0 Å². The molecule has 1 aliphatic heterocycles. The van der Waals surface area contributed by atoms with Crippen molar-refractivity contribution in [3.8, 4) is 10.4 Å². The molecule has 0 spiro atoms. The predicted octanol–water partition coefficient (Wildman–Crippen LogP) is 6.61. The fraction of sp³-hybridized carbons (Fsp3) is 0.0909. The predicted molar refractivity (Wildman–Crippen MR) is 121 cm³/mol. The zero-order valence-electron chi connectivity index (χ0n) is 15.3. The highest BCUT2D eigenvalue weighted by Crippen LogP contribution is 2.36. The third-order valence-corrected chi connectivity index (χ3v) is 6.68. The number of nitrogens with zero attached hydrogens (tertiary/aromatic N) is 2. The molecule has 1 aliphatic rings.